The van der Waals surface area contributed by atoms with Gasteiger partial charge in [-0.3, -0.25) is 9.69 Å². The smallest absolute Gasteiger partial charge is 0.201 e. The molecule has 2 aromatic rings. The van der Waals surface area contributed by atoms with Gasteiger partial charge in [0.2, 0.25) is 5.78 Å². The van der Waals surface area contributed by atoms with Gasteiger partial charge in [0.25, 0.3) is 0 Å². The molecule has 7 heteroatoms. The molecule has 0 saturated carbocycles. The predicted molar refractivity (Wildman–Crippen MR) is 89.5 cm³/mol. The standard InChI is InChI=1S/C16H20N4O2.ClH/c1-12-15(16(21)13(2)19-8-10-22-11-9-19)18-20(17-12)14-6-4-3-5-7-14;/h3-7,13H,8-11H2,1-2H3;1H. The number of halogens is 1. The van der Waals surface area contributed by atoms with E-state index in [1.165, 1.54) is 4.80 Å². The zero-order valence-corrected chi connectivity index (χ0v) is 14.1. The molecule has 1 fully saturated rings. The quantitative estimate of drug-likeness (QED) is 0.798. The Morgan fingerprint density at radius 2 is 1.83 bits per heavy atom. The fraction of sp³-hybridized carbons (Fsp3) is 0.438. The molecular formula is C16H21ClN4O2. The van der Waals surface area contributed by atoms with Crippen LogP contribution in [0.5, 0.6) is 0 Å². The third-order valence-electron chi connectivity index (χ3n) is 3.98. The van der Waals surface area contributed by atoms with E-state index in [0.29, 0.717) is 24.6 Å². The molecule has 1 atom stereocenters. The Hall–Kier alpha value is -1.76. The van der Waals surface area contributed by atoms with Gasteiger partial charge in [-0.05, 0) is 26.0 Å². The van der Waals surface area contributed by atoms with E-state index in [2.05, 4.69) is 15.1 Å². The summed E-state index contributed by atoms with van der Waals surface area (Å²) in [7, 11) is 0. The van der Waals surface area contributed by atoms with Crippen molar-refractivity contribution in [3.05, 3.63) is 41.7 Å². The molecule has 0 radical (unpaired) electrons. The number of Topliss-reactive ketones (excluding diaryl/α,β-unsaturated/α-hetero) is 1. The second kappa shape index (κ2) is 7.68. The topological polar surface area (TPSA) is 60.2 Å². The Labute approximate surface area is 141 Å². The van der Waals surface area contributed by atoms with Crippen LogP contribution in [0.1, 0.15) is 23.1 Å². The van der Waals surface area contributed by atoms with Crippen molar-refractivity contribution in [2.45, 2.75) is 19.9 Å². The van der Waals surface area contributed by atoms with Gasteiger partial charge in [-0.25, -0.2) is 0 Å². The van der Waals surface area contributed by atoms with Gasteiger partial charge >= 0.3 is 0 Å². The van der Waals surface area contributed by atoms with E-state index in [1.807, 2.05) is 44.2 Å². The number of hydrogen-bond donors (Lipinski definition) is 0. The van der Waals surface area contributed by atoms with Crippen molar-refractivity contribution in [1.29, 1.82) is 0 Å². The normalized spacial score (nSPS) is 16.6. The highest BCUT2D eigenvalue weighted by molar-refractivity contribution is 5.99. The maximum atomic E-state index is 12.7. The molecule has 1 aromatic heterocycles. The van der Waals surface area contributed by atoms with E-state index in [0.717, 1.165) is 18.8 Å². The number of carbonyl (C=O) groups excluding carboxylic acids is 1. The van der Waals surface area contributed by atoms with Crippen LogP contribution in [0, 0.1) is 6.92 Å². The van der Waals surface area contributed by atoms with E-state index in [4.69, 9.17) is 4.74 Å². The monoisotopic (exact) mass is 336 g/mol. The minimum absolute atomic E-state index is 0. The number of rotatable bonds is 4. The zero-order valence-electron chi connectivity index (χ0n) is 13.3. The van der Waals surface area contributed by atoms with E-state index >= 15 is 0 Å². The van der Waals surface area contributed by atoms with Crippen molar-refractivity contribution in [1.82, 2.24) is 19.9 Å². The molecule has 1 aliphatic heterocycles. The Balaban J connectivity index is 0.00000192. The lowest BCUT2D eigenvalue weighted by molar-refractivity contribution is 0.0207. The zero-order chi connectivity index (χ0) is 15.5. The third-order valence-corrected chi connectivity index (χ3v) is 3.98. The molecule has 124 valence electrons. The van der Waals surface area contributed by atoms with Crippen LogP contribution in [-0.2, 0) is 4.74 Å². The van der Waals surface area contributed by atoms with Crippen LogP contribution < -0.4 is 0 Å². The molecule has 0 spiro atoms. The van der Waals surface area contributed by atoms with Crippen LogP contribution in [0.2, 0.25) is 0 Å². The van der Waals surface area contributed by atoms with Crippen LogP contribution in [0.4, 0.5) is 0 Å². The molecule has 0 aliphatic carbocycles. The first kappa shape index (κ1) is 17.6. The summed E-state index contributed by atoms with van der Waals surface area (Å²) in [4.78, 5) is 16.4. The van der Waals surface area contributed by atoms with Gasteiger partial charge in [-0.1, -0.05) is 18.2 Å². The summed E-state index contributed by atoms with van der Waals surface area (Å²) >= 11 is 0. The molecule has 3 rings (SSSR count). The maximum Gasteiger partial charge on any atom is 0.201 e. The number of morpholine rings is 1. The van der Waals surface area contributed by atoms with E-state index in [1.54, 1.807) is 0 Å². The average molecular weight is 337 g/mol. The number of aryl methyl sites for hydroxylation is 1. The third kappa shape index (κ3) is 3.77. The molecular weight excluding hydrogens is 316 g/mol. The summed E-state index contributed by atoms with van der Waals surface area (Å²) in [6.07, 6.45) is 0. The Bertz CT molecular complexity index is 653. The molecule has 1 aliphatic rings. The van der Waals surface area contributed by atoms with Gasteiger partial charge in [0.15, 0.2) is 5.69 Å². The summed E-state index contributed by atoms with van der Waals surface area (Å²) in [5.74, 6) is 0.0154. The summed E-state index contributed by atoms with van der Waals surface area (Å²) in [5, 5.41) is 8.76. The van der Waals surface area contributed by atoms with Crippen LogP contribution >= 0.6 is 12.4 Å². The van der Waals surface area contributed by atoms with E-state index < -0.39 is 0 Å². The van der Waals surface area contributed by atoms with Crippen molar-refractivity contribution >= 4 is 18.2 Å². The fourth-order valence-corrected chi connectivity index (χ4v) is 2.61. The SMILES string of the molecule is Cc1nn(-c2ccccc2)nc1C(=O)C(C)N1CCOCC1.Cl. The van der Waals surface area contributed by atoms with Crippen molar-refractivity contribution in [3.63, 3.8) is 0 Å². The van der Waals surface area contributed by atoms with Gasteiger partial charge in [0.05, 0.1) is 30.6 Å². The molecule has 0 N–H and O–H groups in total. The van der Waals surface area contributed by atoms with Gasteiger partial charge in [0, 0.05) is 13.1 Å². The van der Waals surface area contributed by atoms with Crippen molar-refractivity contribution < 1.29 is 9.53 Å². The largest absolute Gasteiger partial charge is 0.379 e. The maximum absolute atomic E-state index is 12.7. The molecule has 23 heavy (non-hydrogen) atoms. The number of carbonyl (C=O) groups is 1. The summed E-state index contributed by atoms with van der Waals surface area (Å²) in [5.41, 5.74) is 1.96. The number of aromatic nitrogens is 3. The van der Waals surface area contributed by atoms with Crippen LogP contribution in [-0.4, -0.2) is 58.0 Å². The lowest BCUT2D eigenvalue weighted by Gasteiger charge is -2.30. The van der Waals surface area contributed by atoms with Crippen LogP contribution in [0.3, 0.4) is 0 Å². The fourth-order valence-electron chi connectivity index (χ4n) is 2.61. The van der Waals surface area contributed by atoms with Crippen molar-refractivity contribution in [3.8, 4) is 5.69 Å². The minimum atomic E-state index is -0.205. The molecule has 1 unspecified atom stereocenters. The van der Waals surface area contributed by atoms with Crippen LogP contribution in [0.15, 0.2) is 30.3 Å². The van der Waals surface area contributed by atoms with E-state index in [9.17, 15) is 4.79 Å². The molecule has 6 nitrogen and oxygen atoms in total. The second-order valence-electron chi connectivity index (χ2n) is 5.45. The first-order valence-electron chi connectivity index (χ1n) is 7.52. The van der Waals surface area contributed by atoms with Crippen molar-refractivity contribution in [2.24, 2.45) is 0 Å². The minimum Gasteiger partial charge on any atom is -0.379 e. The molecule has 0 bridgehead atoms. The van der Waals surface area contributed by atoms with E-state index in [-0.39, 0.29) is 24.2 Å². The lowest BCUT2D eigenvalue weighted by atomic mass is 10.1. The second-order valence-corrected chi connectivity index (χ2v) is 5.45. The number of hydrogen-bond acceptors (Lipinski definition) is 5. The highest BCUT2D eigenvalue weighted by atomic mass is 35.5. The molecule has 0 amide bonds. The number of benzene rings is 1. The van der Waals surface area contributed by atoms with Gasteiger partial charge < -0.3 is 4.74 Å². The number of nitrogens with zero attached hydrogens (tertiary/aromatic N) is 4. The Morgan fingerprint density at radius 3 is 2.48 bits per heavy atom. The summed E-state index contributed by atoms with van der Waals surface area (Å²) in [6.45, 7) is 6.65. The first-order valence-corrected chi connectivity index (χ1v) is 7.52. The number of ether oxygens (including phenoxy) is 1. The van der Waals surface area contributed by atoms with Gasteiger partial charge in [0.1, 0.15) is 0 Å². The Kier molecular flexibility index (Phi) is 5.87. The number of ketones is 1. The summed E-state index contributed by atoms with van der Waals surface area (Å²) < 4.78 is 5.34. The van der Waals surface area contributed by atoms with Gasteiger partial charge in [-0.2, -0.15) is 9.90 Å². The highest BCUT2D eigenvalue weighted by Crippen LogP contribution is 2.13. The predicted octanol–water partition coefficient (Wildman–Crippen LogP) is 1.90. The van der Waals surface area contributed by atoms with Crippen molar-refractivity contribution in [2.75, 3.05) is 26.3 Å². The highest BCUT2D eigenvalue weighted by Gasteiger charge is 2.27. The lowest BCUT2D eigenvalue weighted by Crippen LogP contribution is -2.46. The average Bonchev–Trinajstić information content (AvgIpc) is 2.97. The molecule has 1 saturated heterocycles. The first-order chi connectivity index (χ1) is 10.7. The van der Waals surface area contributed by atoms with Gasteiger partial charge in [-0.15, -0.1) is 17.5 Å². The number of para-hydroxylation sites is 1. The Morgan fingerprint density at radius 1 is 1.17 bits per heavy atom. The van der Waals surface area contributed by atoms with Crippen LogP contribution in [0.25, 0.3) is 5.69 Å². The molecule has 2 heterocycles. The summed E-state index contributed by atoms with van der Waals surface area (Å²) in [6, 6.07) is 9.41. The molecule has 1 aromatic carbocycles.